The van der Waals surface area contributed by atoms with E-state index in [1.807, 2.05) is 4.90 Å². The SMILES string of the molecule is BC(=O)CN1CCN(C(=O)CCNC(=O)OC[C@@H]2[C@@H]3CCC#CCC[C@@H]32)CC1COC(C)=O. The van der Waals surface area contributed by atoms with E-state index in [1.54, 1.807) is 4.90 Å². The van der Waals surface area contributed by atoms with Crippen molar-refractivity contribution in [1.82, 2.24) is 15.1 Å². The van der Waals surface area contributed by atoms with Crippen molar-refractivity contribution < 1.29 is 28.7 Å². The molecule has 1 N–H and O–H groups in total. The highest BCUT2D eigenvalue weighted by atomic mass is 16.5. The summed E-state index contributed by atoms with van der Waals surface area (Å²) in [4.78, 5) is 51.0. The Morgan fingerprint density at radius 2 is 1.73 bits per heavy atom. The van der Waals surface area contributed by atoms with Gasteiger partial charge in [0, 0.05) is 58.9 Å². The molecule has 2 fully saturated rings. The summed E-state index contributed by atoms with van der Waals surface area (Å²) >= 11 is 0. The zero-order chi connectivity index (χ0) is 23.8. The molecule has 1 unspecified atom stereocenters. The van der Waals surface area contributed by atoms with Gasteiger partial charge in [-0.25, -0.2) is 4.79 Å². The second-order valence-electron chi connectivity index (χ2n) is 9.17. The van der Waals surface area contributed by atoms with E-state index in [0.29, 0.717) is 44.0 Å². The zero-order valence-corrected chi connectivity index (χ0v) is 19.6. The van der Waals surface area contributed by atoms with Crippen molar-refractivity contribution in [3.63, 3.8) is 0 Å². The predicted molar refractivity (Wildman–Crippen MR) is 123 cm³/mol. The lowest BCUT2D eigenvalue weighted by Gasteiger charge is -2.40. The standard InChI is InChI=1S/C23H34BN3O6/c1-16(28)32-14-17-12-27(11-10-26(17)13-21(24)29)22(30)8-9-25-23(31)33-15-20-18-6-4-2-3-5-7-19(18)20/h17-20H,4-15,24H2,1H3,(H,25,31)/t17?,18-,19+,20-. The van der Waals surface area contributed by atoms with Crippen LogP contribution in [0.1, 0.15) is 39.0 Å². The van der Waals surface area contributed by atoms with Crippen molar-refractivity contribution in [2.24, 2.45) is 17.8 Å². The summed E-state index contributed by atoms with van der Waals surface area (Å²) in [6.07, 6.45) is 3.69. The second kappa shape index (κ2) is 12.1. The topological polar surface area (TPSA) is 105 Å². The Balaban J connectivity index is 1.35. The molecule has 1 saturated carbocycles. The third-order valence-corrected chi connectivity index (χ3v) is 6.72. The molecular formula is C23H34BN3O6. The fourth-order valence-corrected chi connectivity index (χ4v) is 4.92. The first-order chi connectivity index (χ1) is 15.8. The van der Waals surface area contributed by atoms with Crippen LogP contribution in [0.5, 0.6) is 0 Å². The number of alkyl carbamates (subject to hydrolysis) is 1. The van der Waals surface area contributed by atoms with Crippen molar-refractivity contribution in [2.45, 2.75) is 45.1 Å². The number of rotatable bonds is 9. The molecule has 0 spiro atoms. The van der Waals surface area contributed by atoms with Crippen LogP contribution in [0.4, 0.5) is 4.79 Å². The van der Waals surface area contributed by atoms with Crippen molar-refractivity contribution in [3.05, 3.63) is 0 Å². The first-order valence-corrected chi connectivity index (χ1v) is 11.9. The van der Waals surface area contributed by atoms with Gasteiger partial charge in [-0.3, -0.25) is 14.5 Å². The monoisotopic (exact) mass is 459 g/mol. The summed E-state index contributed by atoms with van der Waals surface area (Å²) < 4.78 is 10.5. The molecular weight excluding hydrogens is 425 g/mol. The average Bonchev–Trinajstić information content (AvgIpc) is 3.39. The Morgan fingerprint density at radius 3 is 2.36 bits per heavy atom. The summed E-state index contributed by atoms with van der Waals surface area (Å²) in [6, 6.07) is -0.228. The van der Waals surface area contributed by atoms with Crippen LogP contribution in [0.2, 0.25) is 0 Å². The number of piperazine rings is 1. The Labute approximate surface area is 196 Å². The number of hydrogen-bond acceptors (Lipinski definition) is 7. The first kappa shape index (κ1) is 25.1. The van der Waals surface area contributed by atoms with Gasteiger partial charge in [0.2, 0.25) is 5.91 Å². The van der Waals surface area contributed by atoms with Crippen LogP contribution in [0, 0.1) is 29.6 Å². The number of hydrogen-bond donors (Lipinski definition) is 1. The number of nitrogens with one attached hydrogen (secondary N) is 1. The average molecular weight is 459 g/mol. The summed E-state index contributed by atoms with van der Waals surface area (Å²) in [6.45, 7) is 3.74. The number of carbonyl (C=O) groups excluding carboxylic acids is 4. The second-order valence-corrected chi connectivity index (χ2v) is 9.17. The van der Waals surface area contributed by atoms with E-state index < -0.39 is 12.1 Å². The molecule has 9 nitrogen and oxygen atoms in total. The summed E-state index contributed by atoms with van der Waals surface area (Å²) in [5.74, 6) is 7.54. The molecule has 1 heterocycles. The van der Waals surface area contributed by atoms with Crippen molar-refractivity contribution in [2.75, 3.05) is 45.9 Å². The van der Waals surface area contributed by atoms with Gasteiger partial charge < -0.3 is 24.5 Å². The Kier molecular flexibility index (Phi) is 9.18. The maximum atomic E-state index is 12.6. The van der Waals surface area contributed by atoms with Crippen LogP contribution in [0.3, 0.4) is 0 Å². The van der Waals surface area contributed by atoms with Gasteiger partial charge in [0.05, 0.1) is 18.3 Å². The molecule has 0 radical (unpaired) electrons. The lowest BCUT2D eigenvalue weighted by atomic mass is 10.0. The minimum Gasteiger partial charge on any atom is -0.464 e. The molecule has 4 atom stereocenters. The van der Waals surface area contributed by atoms with Gasteiger partial charge in [-0.2, -0.15) is 0 Å². The van der Waals surface area contributed by atoms with Crippen LogP contribution >= 0.6 is 0 Å². The normalized spacial score (nSPS) is 26.5. The number of ether oxygens (including phenoxy) is 2. The fourth-order valence-electron chi connectivity index (χ4n) is 4.92. The molecule has 2 amide bonds. The van der Waals surface area contributed by atoms with Crippen molar-refractivity contribution in [3.8, 4) is 11.8 Å². The summed E-state index contributed by atoms with van der Waals surface area (Å²) in [5, 5.41) is 2.67. The molecule has 3 aliphatic rings. The Bertz CT molecular complexity index is 792. The van der Waals surface area contributed by atoms with Gasteiger partial charge in [-0.05, 0) is 30.6 Å². The van der Waals surface area contributed by atoms with E-state index in [9.17, 15) is 19.2 Å². The van der Waals surface area contributed by atoms with Gasteiger partial charge in [0.15, 0.2) is 7.85 Å². The molecule has 180 valence electrons. The van der Waals surface area contributed by atoms with Crippen molar-refractivity contribution >= 4 is 31.5 Å². The highest BCUT2D eigenvalue weighted by Crippen LogP contribution is 2.52. The molecule has 0 aromatic carbocycles. The van der Waals surface area contributed by atoms with Crippen LogP contribution in [-0.2, 0) is 23.9 Å². The number of fused-ring (bicyclic) bond motifs is 1. The zero-order valence-electron chi connectivity index (χ0n) is 19.6. The van der Waals surface area contributed by atoms with E-state index in [-0.39, 0.29) is 43.7 Å². The smallest absolute Gasteiger partial charge is 0.407 e. The molecule has 10 heteroatoms. The predicted octanol–water partition coefficient (Wildman–Crippen LogP) is -0.222. The molecule has 0 aromatic heterocycles. The van der Waals surface area contributed by atoms with E-state index >= 15 is 0 Å². The van der Waals surface area contributed by atoms with E-state index in [4.69, 9.17) is 9.47 Å². The largest absolute Gasteiger partial charge is 0.464 e. The minimum absolute atomic E-state index is 0.0233. The molecule has 0 bridgehead atoms. The quantitative estimate of drug-likeness (QED) is 0.289. The molecule has 0 aromatic rings. The molecule has 1 aliphatic heterocycles. The van der Waals surface area contributed by atoms with Crippen LogP contribution in [-0.4, -0.2) is 93.3 Å². The lowest BCUT2D eigenvalue weighted by molar-refractivity contribution is -0.144. The van der Waals surface area contributed by atoms with E-state index in [1.165, 1.54) is 14.8 Å². The Morgan fingerprint density at radius 1 is 1.03 bits per heavy atom. The number of amides is 2. The molecule has 2 aliphatic carbocycles. The van der Waals surface area contributed by atoms with Crippen molar-refractivity contribution in [1.29, 1.82) is 0 Å². The minimum atomic E-state index is -0.489. The molecule has 3 rings (SSSR count). The van der Waals surface area contributed by atoms with Crippen LogP contribution in [0.15, 0.2) is 0 Å². The summed E-state index contributed by atoms with van der Waals surface area (Å²) in [5.41, 5.74) is 0.0233. The van der Waals surface area contributed by atoms with Gasteiger partial charge in [0.25, 0.3) is 0 Å². The number of nitrogens with zero attached hydrogens (tertiary/aromatic N) is 2. The van der Waals surface area contributed by atoms with Gasteiger partial charge in [-0.1, -0.05) is 0 Å². The molecule has 33 heavy (non-hydrogen) atoms. The Hall–Kier alpha value is -2.54. The first-order valence-electron chi connectivity index (χ1n) is 11.9. The van der Waals surface area contributed by atoms with Gasteiger partial charge in [-0.15, -0.1) is 11.8 Å². The highest BCUT2D eigenvalue weighted by molar-refractivity contribution is 6.58. The summed E-state index contributed by atoms with van der Waals surface area (Å²) in [7, 11) is 1.51. The number of esters is 1. The lowest BCUT2D eigenvalue weighted by Crippen LogP contribution is -2.57. The van der Waals surface area contributed by atoms with Crippen LogP contribution < -0.4 is 5.32 Å². The van der Waals surface area contributed by atoms with Gasteiger partial charge in [0.1, 0.15) is 6.61 Å². The third-order valence-electron chi connectivity index (χ3n) is 6.72. The maximum Gasteiger partial charge on any atom is 0.407 e. The fraction of sp³-hybridized carbons (Fsp3) is 0.739. The van der Waals surface area contributed by atoms with E-state index in [2.05, 4.69) is 17.2 Å². The maximum absolute atomic E-state index is 12.6. The number of carbonyl (C=O) groups is 4. The molecule has 1 saturated heterocycles. The van der Waals surface area contributed by atoms with E-state index in [0.717, 1.165) is 25.7 Å². The highest BCUT2D eigenvalue weighted by Gasteiger charge is 2.49. The third kappa shape index (κ3) is 7.78. The van der Waals surface area contributed by atoms with Crippen LogP contribution in [0.25, 0.3) is 0 Å². The van der Waals surface area contributed by atoms with Gasteiger partial charge >= 0.3 is 12.1 Å².